The molecule has 4 heteroatoms. The van der Waals surface area contributed by atoms with Crippen molar-refractivity contribution in [2.24, 2.45) is 5.73 Å². The highest BCUT2D eigenvalue weighted by Crippen LogP contribution is 2.31. The van der Waals surface area contributed by atoms with Gasteiger partial charge in [0.05, 0.1) is 5.52 Å². The molecule has 0 saturated heterocycles. The van der Waals surface area contributed by atoms with Crippen molar-refractivity contribution in [1.82, 2.24) is 4.98 Å². The maximum Gasteiger partial charge on any atom is 0.0604 e. The largest absolute Gasteiger partial charge is 0.357 e. The Morgan fingerprint density at radius 3 is 2.87 bits per heavy atom. The second-order valence-corrected chi connectivity index (χ2v) is 4.87. The SMILES string of the molecule is Cc1[nH]c2c(Br)cc(Cl)cc2c1CCN. The number of aromatic amines is 1. The molecule has 0 aliphatic carbocycles. The normalized spacial score (nSPS) is 11.2. The topological polar surface area (TPSA) is 41.8 Å². The molecular weight excluding hydrogens is 275 g/mol. The van der Waals surface area contributed by atoms with Crippen molar-refractivity contribution in [2.45, 2.75) is 13.3 Å². The molecule has 3 N–H and O–H groups in total. The summed E-state index contributed by atoms with van der Waals surface area (Å²) in [5.41, 5.74) is 9.12. The zero-order valence-electron chi connectivity index (χ0n) is 8.40. The van der Waals surface area contributed by atoms with E-state index in [1.807, 2.05) is 12.1 Å². The van der Waals surface area contributed by atoms with Gasteiger partial charge in [-0.3, -0.25) is 0 Å². The van der Waals surface area contributed by atoms with E-state index in [4.69, 9.17) is 17.3 Å². The van der Waals surface area contributed by atoms with E-state index < -0.39 is 0 Å². The van der Waals surface area contributed by atoms with Gasteiger partial charge in [0.15, 0.2) is 0 Å². The van der Waals surface area contributed by atoms with Crippen molar-refractivity contribution in [3.8, 4) is 0 Å². The number of nitrogens with two attached hydrogens (primary N) is 1. The fourth-order valence-corrected chi connectivity index (χ4v) is 2.78. The van der Waals surface area contributed by atoms with Gasteiger partial charge in [-0.15, -0.1) is 0 Å². The third kappa shape index (κ3) is 1.92. The Hall–Kier alpha value is -0.510. The number of H-pyrrole nitrogens is 1. The number of rotatable bonds is 2. The minimum Gasteiger partial charge on any atom is -0.357 e. The highest BCUT2D eigenvalue weighted by Gasteiger charge is 2.10. The van der Waals surface area contributed by atoms with Crippen LogP contribution < -0.4 is 5.73 Å². The van der Waals surface area contributed by atoms with Crippen LogP contribution in [0.1, 0.15) is 11.3 Å². The van der Waals surface area contributed by atoms with Crippen LogP contribution in [0.4, 0.5) is 0 Å². The lowest BCUT2D eigenvalue weighted by atomic mass is 10.1. The molecule has 0 amide bonds. The van der Waals surface area contributed by atoms with E-state index in [1.54, 1.807) is 0 Å². The summed E-state index contributed by atoms with van der Waals surface area (Å²) in [7, 11) is 0. The van der Waals surface area contributed by atoms with Gasteiger partial charge in [0.2, 0.25) is 0 Å². The minimum atomic E-state index is 0.651. The molecular formula is C11H12BrClN2. The van der Waals surface area contributed by atoms with Crippen molar-refractivity contribution in [2.75, 3.05) is 6.54 Å². The van der Waals surface area contributed by atoms with E-state index in [0.717, 1.165) is 26.8 Å². The standard InChI is InChI=1S/C11H12BrClN2/c1-6-8(2-3-14)9-4-7(13)5-10(12)11(9)15-6/h4-5,15H,2-3,14H2,1H3. The fourth-order valence-electron chi connectivity index (χ4n) is 1.87. The molecule has 0 fully saturated rings. The van der Waals surface area contributed by atoms with E-state index in [0.29, 0.717) is 6.54 Å². The Morgan fingerprint density at radius 1 is 1.47 bits per heavy atom. The van der Waals surface area contributed by atoms with Crippen LogP contribution in [-0.2, 0) is 6.42 Å². The Balaban J connectivity index is 2.74. The number of fused-ring (bicyclic) bond motifs is 1. The number of hydrogen-bond donors (Lipinski definition) is 2. The zero-order chi connectivity index (χ0) is 11.0. The van der Waals surface area contributed by atoms with Crippen LogP contribution in [0.15, 0.2) is 16.6 Å². The van der Waals surface area contributed by atoms with Crippen molar-refractivity contribution in [1.29, 1.82) is 0 Å². The molecule has 1 heterocycles. The van der Waals surface area contributed by atoms with Gasteiger partial charge in [-0.05, 0) is 53.5 Å². The average Bonchev–Trinajstić information content (AvgIpc) is 2.46. The number of halogens is 2. The molecule has 0 unspecified atom stereocenters. The van der Waals surface area contributed by atoms with Crippen LogP contribution in [0, 0.1) is 6.92 Å². The molecule has 0 spiro atoms. The molecule has 0 saturated carbocycles. The first-order chi connectivity index (χ1) is 7.13. The van der Waals surface area contributed by atoms with Crippen LogP contribution in [0.3, 0.4) is 0 Å². The summed E-state index contributed by atoms with van der Waals surface area (Å²) >= 11 is 9.53. The van der Waals surface area contributed by atoms with Gasteiger partial charge < -0.3 is 10.7 Å². The molecule has 1 aromatic carbocycles. The highest BCUT2D eigenvalue weighted by molar-refractivity contribution is 9.10. The molecule has 0 atom stereocenters. The molecule has 15 heavy (non-hydrogen) atoms. The molecule has 80 valence electrons. The van der Waals surface area contributed by atoms with Gasteiger partial charge in [-0.2, -0.15) is 0 Å². The monoisotopic (exact) mass is 286 g/mol. The predicted molar refractivity (Wildman–Crippen MR) is 68.5 cm³/mol. The first-order valence-electron chi connectivity index (χ1n) is 4.79. The number of nitrogens with one attached hydrogen (secondary N) is 1. The molecule has 2 aromatic rings. The smallest absolute Gasteiger partial charge is 0.0604 e. The minimum absolute atomic E-state index is 0.651. The molecule has 1 aromatic heterocycles. The summed E-state index contributed by atoms with van der Waals surface area (Å²) in [5.74, 6) is 0. The Labute approximate surface area is 102 Å². The van der Waals surface area contributed by atoms with E-state index in [1.165, 1.54) is 11.3 Å². The van der Waals surface area contributed by atoms with E-state index >= 15 is 0 Å². The van der Waals surface area contributed by atoms with Crippen molar-refractivity contribution in [3.05, 3.63) is 32.9 Å². The van der Waals surface area contributed by atoms with Gasteiger partial charge >= 0.3 is 0 Å². The number of aromatic nitrogens is 1. The lowest BCUT2D eigenvalue weighted by Gasteiger charge is -1.99. The fraction of sp³-hybridized carbons (Fsp3) is 0.273. The number of benzene rings is 1. The zero-order valence-corrected chi connectivity index (χ0v) is 10.7. The van der Waals surface area contributed by atoms with Crippen molar-refractivity contribution < 1.29 is 0 Å². The van der Waals surface area contributed by atoms with Crippen molar-refractivity contribution in [3.63, 3.8) is 0 Å². The highest BCUT2D eigenvalue weighted by atomic mass is 79.9. The third-order valence-electron chi connectivity index (χ3n) is 2.54. The van der Waals surface area contributed by atoms with Gasteiger partial charge in [0.25, 0.3) is 0 Å². The molecule has 2 nitrogen and oxygen atoms in total. The van der Waals surface area contributed by atoms with Gasteiger partial charge in [-0.1, -0.05) is 11.6 Å². The van der Waals surface area contributed by atoms with E-state index in [-0.39, 0.29) is 0 Å². The maximum absolute atomic E-state index is 6.03. The van der Waals surface area contributed by atoms with E-state index in [9.17, 15) is 0 Å². The lowest BCUT2D eigenvalue weighted by Crippen LogP contribution is -2.03. The summed E-state index contributed by atoms with van der Waals surface area (Å²) in [6.07, 6.45) is 0.874. The molecule has 0 bridgehead atoms. The first-order valence-corrected chi connectivity index (χ1v) is 5.97. The van der Waals surface area contributed by atoms with E-state index in [2.05, 4.69) is 27.8 Å². The van der Waals surface area contributed by atoms with Gasteiger partial charge in [0, 0.05) is 20.6 Å². The molecule has 0 radical (unpaired) electrons. The molecule has 0 aliphatic heterocycles. The third-order valence-corrected chi connectivity index (χ3v) is 3.38. The van der Waals surface area contributed by atoms with Crippen LogP contribution in [0.2, 0.25) is 5.02 Å². The number of aryl methyl sites for hydroxylation is 1. The number of hydrogen-bond acceptors (Lipinski definition) is 1. The molecule has 2 rings (SSSR count). The summed E-state index contributed by atoms with van der Waals surface area (Å²) in [6.45, 7) is 2.71. The van der Waals surface area contributed by atoms with Crippen LogP contribution in [0.25, 0.3) is 10.9 Å². The summed E-state index contributed by atoms with van der Waals surface area (Å²) in [5, 5.41) is 1.91. The van der Waals surface area contributed by atoms with Crippen molar-refractivity contribution >= 4 is 38.4 Å². The maximum atomic E-state index is 6.03. The summed E-state index contributed by atoms with van der Waals surface area (Å²) in [4.78, 5) is 3.35. The Morgan fingerprint density at radius 2 is 2.20 bits per heavy atom. The Bertz CT molecular complexity index is 505. The predicted octanol–water partition coefficient (Wildman–Crippen LogP) is 3.39. The second-order valence-electron chi connectivity index (χ2n) is 3.58. The van der Waals surface area contributed by atoms with Crippen LogP contribution in [0.5, 0.6) is 0 Å². The molecule has 0 aliphatic rings. The van der Waals surface area contributed by atoms with Gasteiger partial charge in [0.1, 0.15) is 0 Å². The quantitative estimate of drug-likeness (QED) is 0.873. The summed E-state index contributed by atoms with van der Waals surface area (Å²) < 4.78 is 0.997. The van der Waals surface area contributed by atoms with Crippen LogP contribution in [-0.4, -0.2) is 11.5 Å². The van der Waals surface area contributed by atoms with Gasteiger partial charge in [-0.25, -0.2) is 0 Å². The average molecular weight is 288 g/mol. The summed E-state index contributed by atoms with van der Waals surface area (Å²) in [6, 6.07) is 3.88. The first kappa shape index (κ1) is 11.0. The second kappa shape index (κ2) is 4.16. The van der Waals surface area contributed by atoms with Crippen LogP contribution >= 0.6 is 27.5 Å². The Kier molecular flexibility index (Phi) is 3.05. The lowest BCUT2D eigenvalue weighted by molar-refractivity contribution is 0.963.